The minimum Gasteiger partial charge on any atom is -0.455 e. The molecule has 0 N–H and O–H groups in total. The highest BCUT2D eigenvalue weighted by atomic mass is 16.3. The van der Waals surface area contributed by atoms with E-state index in [9.17, 15) is 0 Å². The Balaban J connectivity index is 1.18. The largest absolute Gasteiger partial charge is 0.455 e. The zero-order chi connectivity index (χ0) is 34.4. The number of hydrogen-bond acceptors (Lipinski definition) is 2. The molecule has 1 aromatic heterocycles. The lowest BCUT2D eigenvalue weighted by atomic mass is 9.97. The van der Waals surface area contributed by atoms with Crippen LogP contribution in [-0.2, 0) is 0 Å². The summed E-state index contributed by atoms with van der Waals surface area (Å²) in [4.78, 5) is 2.37. The van der Waals surface area contributed by atoms with Gasteiger partial charge in [0.15, 0.2) is 0 Å². The van der Waals surface area contributed by atoms with Crippen molar-refractivity contribution in [3.8, 4) is 33.4 Å². The van der Waals surface area contributed by atoms with Gasteiger partial charge in [0.05, 0.1) is 0 Å². The van der Waals surface area contributed by atoms with E-state index in [2.05, 4.69) is 199 Å². The van der Waals surface area contributed by atoms with Crippen LogP contribution in [0.4, 0.5) is 17.1 Å². The third-order valence-corrected chi connectivity index (χ3v) is 10.2. The van der Waals surface area contributed by atoms with Gasteiger partial charge in [0, 0.05) is 33.4 Å². The van der Waals surface area contributed by atoms with Crippen LogP contribution in [0.1, 0.15) is 0 Å². The fraction of sp³-hybridized carbons (Fsp3) is 0. The maximum absolute atomic E-state index is 6.64. The van der Waals surface area contributed by atoms with E-state index < -0.39 is 0 Å². The number of furan rings is 1. The molecule has 0 aliphatic carbocycles. The van der Waals surface area contributed by atoms with Crippen molar-refractivity contribution in [2.24, 2.45) is 0 Å². The molecule has 0 fully saturated rings. The number of rotatable bonds is 6. The average Bonchev–Trinajstić information content (AvgIpc) is 3.60. The average molecular weight is 664 g/mol. The van der Waals surface area contributed by atoms with Gasteiger partial charge < -0.3 is 9.32 Å². The molecule has 0 atom stereocenters. The summed E-state index contributed by atoms with van der Waals surface area (Å²) in [5, 5.41) is 7.11. The molecular weight excluding hydrogens is 631 g/mol. The predicted molar refractivity (Wildman–Crippen MR) is 220 cm³/mol. The van der Waals surface area contributed by atoms with Gasteiger partial charge in [-0.3, -0.25) is 0 Å². The number of anilines is 3. The summed E-state index contributed by atoms with van der Waals surface area (Å²) >= 11 is 0. The summed E-state index contributed by atoms with van der Waals surface area (Å²) in [7, 11) is 0. The summed E-state index contributed by atoms with van der Waals surface area (Å²) in [6.45, 7) is 0. The summed E-state index contributed by atoms with van der Waals surface area (Å²) in [5.74, 6) is 0. The van der Waals surface area contributed by atoms with Crippen LogP contribution < -0.4 is 4.90 Å². The van der Waals surface area contributed by atoms with Crippen LogP contribution in [0.15, 0.2) is 205 Å². The number of nitrogens with zero attached hydrogens (tertiary/aromatic N) is 1. The lowest BCUT2D eigenvalue weighted by Gasteiger charge is -2.27. The lowest BCUT2D eigenvalue weighted by Crippen LogP contribution is -2.10. The number of hydrogen-bond donors (Lipinski definition) is 0. The Morgan fingerprint density at radius 1 is 0.308 bits per heavy atom. The molecule has 0 saturated heterocycles. The van der Waals surface area contributed by atoms with Gasteiger partial charge in [-0.15, -0.1) is 0 Å². The van der Waals surface area contributed by atoms with Gasteiger partial charge in [-0.05, 0) is 97.9 Å². The van der Waals surface area contributed by atoms with Crippen molar-refractivity contribution in [1.29, 1.82) is 0 Å². The van der Waals surface area contributed by atoms with Gasteiger partial charge >= 0.3 is 0 Å². The summed E-state index contributed by atoms with van der Waals surface area (Å²) in [5.41, 5.74) is 12.0. The first-order valence-electron chi connectivity index (χ1n) is 17.8. The summed E-state index contributed by atoms with van der Waals surface area (Å²) in [6, 6.07) is 71.7. The van der Waals surface area contributed by atoms with Crippen LogP contribution in [0.3, 0.4) is 0 Å². The highest BCUT2D eigenvalue weighted by molar-refractivity contribution is 6.12. The Morgan fingerprint density at radius 2 is 0.904 bits per heavy atom. The number of para-hydroxylation sites is 1. The first-order valence-corrected chi connectivity index (χ1v) is 17.8. The third kappa shape index (κ3) is 5.21. The van der Waals surface area contributed by atoms with E-state index in [0.29, 0.717) is 0 Å². The van der Waals surface area contributed by atoms with Crippen LogP contribution in [0, 0.1) is 0 Å². The van der Waals surface area contributed by atoms with Crippen LogP contribution in [-0.4, -0.2) is 0 Å². The zero-order valence-electron chi connectivity index (χ0n) is 28.4. The molecule has 2 nitrogen and oxygen atoms in total. The molecule has 0 bridgehead atoms. The Morgan fingerprint density at radius 3 is 1.69 bits per heavy atom. The smallest absolute Gasteiger partial charge is 0.143 e. The van der Waals surface area contributed by atoms with Gasteiger partial charge in [-0.25, -0.2) is 0 Å². The van der Waals surface area contributed by atoms with Gasteiger partial charge in [0.2, 0.25) is 0 Å². The highest BCUT2D eigenvalue weighted by Crippen LogP contribution is 2.44. The molecule has 0 unspecified atom stereocenters. The molecule has 0 aliphatic rings. The predicted octanol–water partition coefficient (Wildman–Crippen LogP) is 14.4. The lowest BCUT2D eigenvalue weighted by molar-refractivity contribution is 0.670. The molecule has 0 spiro atoms. The van der Waals surface area contributed by atoms with Crippen molar-refractivity contribution in [3.05, 3.63) is 200 Å². The maximum atomic E-state index is 6.64. The van der Waals surface area contributed by atoms with Gasteiger partial charge in [0.1, 0.15) is 11.2 Å². The van der Waals surface area contributed by atoms with Crippen LogP contribution >= 0.6 is 0 Å². The molecule has 1 heterocycles. The van der Waals surface area contributed by atoms with Crippen LogP contribution in [0.2, 0.25) is 0 Å². The molecule has 0 radical (unpaired) electrons. The first kappa shape index (κ1) is 30.0. The maximum Gasteiger partial charge on any atom is 0.143 e. The molecule has 0 aliphatic heterocycles. The normalized spacial score (nSPS) is 11.5. The van der Waals surface area contributed by atoms with Crippen molar-refractivity contribution in [2.75, 3.05) is 4.90 Å². The number of benzene rings is 9. The summed E-state index contributed by atoms with van der Waals surface area (Å²) in [6.07, 6.45) is 0. The molecule has 2 heteroatoms. The highest BCUT2D eigenvalue weighted by Gasteiger charge is 2.20. The van der Waals surface area contributed by atoms with E-state index in [1.807, 2.05) is 6.07 Å². The van der Waals surface area contributed by atoms with Crippen molar-refractivity contribution in [2.45, 2.75) is 0 Å². The van der Waals surface area contributed by atoms with E-state index >= 15 is 0 Å². The topological polar surface area (TPSA) is 16.4 Å². The molecule has 0 amide bonds. The fourth-order valence-electron chi connectivity index (χ4n) is 7.66. The Kier molecular flexibility index (Phi) is 7.18. The van der Waals surface area contributed by atoms with E-state index in [-0.39, 0.29) is 0 Å². The molecule has 0 saturated carbocycles. The SMILES string of the molecule is c1ccc(-c2ccc(N(c3ccc(-c4cccc5ccccc45)cc3)c3cc(-c4ccc5ccccc5c4)c4oc5ccccc5c4c3)cc2)cc1. The Labute approximate surface area is 302 Å². The summed E-state index contributed by atoms with van der Waals surface area (Å²) < 4.78 is 6.64. The second-order valence-electron chi connectivity index (χ2n) is 13.4. The van der Waals surface area contributed by atoms with E-state index in [1.54, 1.807) is 0 Å². The first-order chi connectivity index (χ1) is 25.8. The van der Waals surface area contributed by atoms with Crippen LogP contribution in [0.5, 0.6) is 0 Å². The molecule has 52 heavy (non-hydrogen) atoms. The monoisotopic (exact) mass is 663 g/mol. The quantitative estimate of drug-likeness (QED) is 0.176. The van der Waals surface area contributed by atoms with E-state index in [0.717, 1.165) is 50.1 Å². The second kappa shape index (κ2) is 12.5. The standard InChI is InChI=1S/C50H33NO/c1-2-11-34(12-3-1)36-23-27-41(28-24-36)51(42-29-25-38(26-30-42)45-19-10-16-37-14-6-7-17-44(37)45)43-32-47(40-22-21-35-13-4-5-15-39(35)31-40)50-48(33-43)46-18-8-9-20-49(46)52-50/h1-33H. The van der Waals surface area contributed by atoms with Gasteiger partial charge in [0.25, 0.3) is 0 Å². The fourth-order valence-corrected chi connectivity index (χ4v) is 7.66. The van der Waals surface area contributed by atoms with Crippen LogP contribution in [0.25, 0.3) is 76.9 Å². The molecule has 10 rings (SSSR count). The second-order valence-corrected chi connectivity index (χ2v) is 13.4. The minimum atomic E-state index is 0.884. The van der Waals surface area contributed by atoms with E-state index in [1.165, 1.54) is 43.8 Å². The number of fused-ring (bicyclic) bond motifs is 5. The third-order valence-electron chi connectivity index (χ3n) is 10.2. The van der Waals surface area contributed by atoms with Crippen molar-refractivity contribution < 1.29 is 4.42 Å². The Bertz CT molecular complexity index is 2880. The Hall–Kier alpha value is -6.90. The molecule has 10 aromatic rings. The molecular formula is C50H33NO. The van der Waals surface area contributed by atoms with Crippen molar-refractivity contribution in [1.82, 2.24) is 0 Å². The van der Waals surface area contributed by atoms with Gasteiger partial charge in [-0.1, -0.05) is 152 Å². The van der Waals surface area contributed by atoms with Gasteiger partial charge in [-0.2, -0.15) is 0 Å². The van der Waals surface area contributed by atoms with Crippen molar-refractivity contribution >= 4 is 60.5 Å². The van der Waals surface area contributed by atoms with Crippen molar-refractivity contribution in [3.63, 3.8) is 0 Å². The zero-order valence-corrected chi connectivity index (χ0v) is 28.4. The molecule has 244 valence electrons. The molecule has 9 aromatic carbocycles. The minimum absolute atomic E-state index is 0.884. The van der Waals surface area contributed by atoms with E-state index in [4.69, 9.17) is 4.42 Å².